The first-order chi connectivity index (χ1) is 13.7. The standard InChI is InChI=1S/C20H24N4O4S/c1-29(27,28)23-16-8-4-7-14(12-16)20(26)22-17-9-3-2-6-15(17)13-24-11-5-10-18(24)19(21)25/h2-4,6-9,12,18,23H,5,10-11,13H2,1H3,(H2,21,25)(H,22,26). The second-order valence-electron chi connectivity index (χ2n) is 7.10. The van der Waals surface area contributed by atoms with Gasteiger partial charge < -0.3 is 11.1 Å². The normalized spacial score (nSPS) is 17.1. The number of nitrogens with zero attached hydrogens (tertiary/aromatic N) is 1. The molecule has 2 amide bonds. The third kappa shape index (κ3) is 5.55. The lowest BCUT2D eigenvalue weighted by atomic mass is 10.1. The van der Waals surface area contributed by atoms with Crippen molar-refractivity contribution < 1.29 is 18.0 Å². The van der Waals surface area contributed by atoms with Crippen molar-refractivity contribution in [2.75, 3.05) is 22.8 Å². The van der Waals surface area contributed by atoms with Gasteiger partial charge in [-0.25, -0.2) is 8.42 Å². The summed E-state index contributed by atoms with van der Waals surface area (Å²) in [6.07, 6.45) is 2.69. The van der Waals surface area contributed by atoms with E-state index >= 15 is 0 Å². The van der Waals surface area contributed by atoms with E-state index in [4.69, 9.17) is 5.73 Å². The predicted molar refractivity (Wildman–Crippen MR) is 112 cm³/mol. The number of sulfonamides is 1. The fourth-order valence-corrected chi connectivity index (χ4v) is 4.02. The maximum absolute atomic E-state index is 12.7. The van der Waals surface area contributed by atoms with Gasteiger partial charge in [0, 0.05) is 23.5 Å². The number of carbonyl (C=O) groups excluding carboxylic acids is 2. The number of amides is 2. The molecule has 1 atom stereocenters. The number of anilines is 2. The quantitative estimate of drug-likeness (QED) is 0.635. The van der Waals surface area contributed by atoms with Gasteiger partial charge in [0.15, 0.2) is 0 Å². The first-order valence-electron chi connectivity index (χ1n) is 9.23. The van der Waals surface area contributed by atoms with Crippen molar-refractivity contribution in [3.05, 3.63) is 59.7 Å². The van der Waals surface area contributed by atoms with Crippen molar-refractivity contribution >= 4 is 33.2 Å². The van der Waals surface area contributed by atoms with Crippen LogP contribution in [0, 0.1) is 0 Å². The number of para-hydroxylation sites is 1. The molecule has 4 N–H and O–H groups in total. The van der Waals surface area contributed by atoms with Crippen molar-refractivity contribution in [2.24, 2.45) is 5.73 Å². The number of benzene rings is 2. The van der Waals surface area contributed by atoms with Crippen LogP contribution in [0.25, 0.3) is 0 Å². The van der Waals surface area contributed by atoms with Gasteiger partial charge in [0.2, 0.25) is 15.9 Å². The molecule has 1 aliphatic rings. The Bertz CT molecular complexity index is 1020. The SMILES string of the molecule is CS(=O)(=O)Nc1cccc(C(=O)Nc2ccccc2CN2CCCC2C(N)=O)c1. The molecule has 154 valence electrons. The van der Waals surface area contributed by atoms with E-state index in [9.17, 15) is 18.0 Å². The Morgan fingerprint density at radius 1 is 1.17 bits per heavy atom. The summed E-state index contributed by atoms with van der Waals surface area (Å²) in [5.74, 6) is -0.693. The van der Waals surface area contributed by atoms with E-state index in [1.165, 1.54) is 6.07 Å². The molecule has 0 spiro atoms. The third-order valence-electron chi connectivity index (χ3n) is 4.76. The molecule has 0 aromatic heterocycles. The highest BCUT2D eigenvalue weighted by molar-refractivity contribution is 7.92. The van der Waals surface area contributed by atoms with Gasteiger partial charge >= 0.3 is 0 Å². The van der Waals surface area contributed by atoms with Crippen LogP contribution in [0.1, 0.15) is 28.8 Å². The van der Waals surface area contributed by atoms with Crippen molar-refractivity contribution in [3.63, 3.8) is 0 Å². The van der Waals surface area contributed by atoms with Gasteiger partial charge in [-0.1, -0.05) is 24.3 Å². The van der Waals surface area contributed by atoms with Crippen LogP contribution < -0.4 is 15.8 Å². The zero-order valence-corrected chi connectivity index (χ0v) is 16.9. The van der Waals surface area contributed by atoms with Gasteiger partial charge in [-0.05, 0) is 49.2 Å². The molecule has 1 saturated heterocycles. The predicted octanol–water partition coefficient (Wildman–Crippen LogP) is 1.76. The maximum atomic E-state index is 12.7. The van der Waals surface area contributed by atoms with Crippen LogP contribution >= 0.6 is 0 Å². The molecular formula is C20H24N4O4S. The van der Waals surface area contributed by atoms with Crippen LogP contribution in [0.5, 0.6) is 0 Å². The summed E-state index contributed by atoms with van der Waals surface area (Å²) < 4.78 is 25.2. The largest absolute Gasteiger partial charge is 0.368 e. The Morgan fingerprint density at radius 3 is 2.66 bits per heavy atom. The maximum Gasteiger partial charge on any atom is 0.255 e. The Morgan fingerprint density at radius 2 is 1.93 bits per heavy atom. The summed E-state index contributed by atoms with van der Waals surface area (Å²) >= 11 is 0. The smallest absolute Gasteiger partial charge is 0.255 e. The van der Waals surface area contributed by atoms with Gasteiger partial charge in [-0.15, -0.1) is 0 Å². The Kier molecular flexibility index (Phi) is 6.19. The van der Waals surface area contributed by atoms with Crippen LogP contribution in [-0.4, -0.2) is 44.0 Å². The molecule has 8 nitrogen and oxygen atoms in total. The molecule has 29 heavy (non-hydrogen) atoms. The Balaban J connectivity index is 1.76. The van der Waals surface area contributed by atoms with Crippen LogP contribution in [0.15, 0.2) is 48.5 Å². The minimum Gasteiger partial charge on any atom is -0.368 e. The summed E-state index contributed by atoms with van der Waals surface area (Å²) in [6.45, 7) is 1.27. The summed E-state index contributed by atoms with van der Waals surface area (Å²) in [5, 5.41) is 2.88. The van der Waals surface area contributed by atoms with Gasteiger partial charge in [0.1, 0.15) is 0 Å². The summed E-state index contributed by atoms with van der Waals surface area (Å²) in [5.41, 5.74) is 7.64. The molecule has 0 aliphatic carbocycles. The minimum absolute atomic E-state index is 0.294. The zero-order valence-electron chi connectivity index (χ0n) is 16.1. The minimum atomic E-state index is -3.44. The molecular weight excluding hydrogens is 392 g/mol. The molecule has 0 saturated carbocycles. The molecule has 1 fully saturated rings. The first kappa shape index (κ1) is 20.8. The van der Waals surface area contributed by atoms with Gasteiger partial charge in [-0.2, -0.15) is 0 Å². The highest BCUT2D eigenvalue weighted by atomic mass is 32.2. The molecule has 2 aromatic carbocycles. The third-order valence-corrected chi connectivity index (χ3v) is 5.37. The van der Waals surface area contributed by atoms with E-state index in [-0.39, 0.29) is 17.9 Å². The number of hydrogen-bond acceptors (Lipinski definition) is 5. The van der Waals surface area contributed by atoms with Crippen LogP contribution in [-0.2, 0) is 21.4 Å². The van der Waals surface area contributed by atoms with Crippen LogP contribution in [0.2, 0.25) is 0 Å². The van der Waals surface area contributed by atoms with Gasteiger partial charge in [0.25, 0.3) is 5.91 Å². The average molecular weight is 417 g/mol. The van der Waals surface area contributed by atoms with E-state index < -0.39 is 10.0 Å². The number of carbonyl (C=O) groups is 2. The number of likely N-dealkylation sites (tertiary alicyclic amines) is 1. The van der Waals surface area contributed by atoms with Crippen molar-refractivity contribution in [1.82, 2.24) is 4.90 Å². The molecule has 1 unspecified atom stereocenters. The highest BCUT2D eigenvalue weighted by Crippen LogP contribution is 2.24. The highest BCUT2D eigenvalue weighted by Gasteiger charge is 2.29. The van der Waals surface area contributed by atoms with E-state index in [1.807, 2.05) is 23.1 Å². The number of rotatable bonds is 7. The fourth-order valence-electron chi connectivity index (χ4n) is 3.47. The molecule has 1 heterocycles. The van der Waals surface area contributed by atoms with E-state index in [0.29, 0.717) is 23.5 Å². The summed E-state index contributed by atoms with van der Waals surface area (Å²) in [4.78, 5) is 26.4. The van der Waals surface area contributed by atoms with Crippen molar-refractivity contribution in [3.8, 4) is 0 Å². The van der Waals surface area contributed by atoms with Crippen molar-refractivity contribution in [1.29, 1.82) is 0 Å². The number of nitrogens with one attached hydrogen (secondary N) is 2. The summed E-state index contributed by atoms with van der Waals surface area (Å²) in [6, 6.07) is 13.3. The molecule has 0 bridgehead atoms. The average Bonchev–Trinajstić information content (AvgIpc) is 3.10. The van der Waals surface area contributed by atoms with E-state index in [2.05, 4.69) is 10.0 Å². The Labute approximate surface area is 170 Å². The topological polar surface area (TPSA) is 122 Å². The van der Waals surface area contributed by atoms with Gasteiger partial charge in [0.05, 0.1) is 12.3 Å². The van der Waals surface area contributed by atoms with Crippen LogP contribution in [0.3, 0.4) is 0 Å². The monoisotopic (exact) mass is 416 g/mol. The van der Waals surface area contributed by atoms with E-state index in [1.54, 1.807) is 24.3 Å². The molecule has 3 rings (SSSR count). The van der Waals surface area contributed by atoms with Crippen LogP contribution in [0.4, 0.5) is 11.4 Å². The lowest BCUT2D eigenvalue weighted by Crippen LogP contribution is -2.39. The molecule has 0 radical (unpaired) electrons. The van der Waals surface area contributed by atoms with E-state index in [0.717, 1.165) is 31.2 Å². The Hall–Kier alpha value is -2.91. The molecule has 2 aromatic rings. The number of hydrogen-bond donors (Lipinski definition) is 3. The van der Waals surface area contributed by atoms with Gasteiger partial charge in [-0.3, -0.25) is 19.2 Å². The molecule has 1 aliphatic heterocycles. The van der Waals surface area contributed by atoms with Crippen molar-refractivity contribution in [2.45, 2.75) is 25.4 Å². The summed E-state index contributed by atoms with van der Waals surface area (Å²) in [7, 11) is -3.44. The second kappa shape index (κ2) is 8.62. The lowest BCUT2D eigenvalue weighted by Gasteiger charge is -2.23. The number of primary amides is 1. The number of nitrogens with two attached hydrogens (primary N) is 1. The fraction of sp³-hybridized carbons (Fsp3) is 0.300. The zero-order chi connectivity index (χ0) is 21.0. The lowest BCUT2D eigenvalue weighted by molar-refractivity contribution is -0.122. The second-order valence-corrected chi connectivity index (χ2v) is 8.85. The first-order valence-corrected chi connectivity index (χ1v) is 11.1. The molecule has 9 heteroatoms.